The number of rotatable bonds is 9. The highest BCUT2D eigenvalue weighted by Crippen LogP contribution is 2.34. The smallest absolute Gasteiger partial charge is 0.122 e. The highest BCUT2D eigenvalue weighted by molar-refractivity contribution is 5.33. The predicted octanol–water partition coefficient (Wildman–Crippen LogP) is 4.35. The number of hydrogen-bond acceptors (Lipinski definition) is 2. The molecule has 1 rings (SSSR count). The van der Waals surface area contributed by atoms with Crippen LogP contribution in [-0.4, -0.2) is 13.2 Å². The van der Waals surface area contributed by atoms with E-state index < -0.39 is 0 Å². The molecule has 0 aliphatic heterocycles. The van der Waals surface area contributed by atoms with Crippen LogP contribution in [0.5, 0.6) is 0 Å². The van der Waals surface area contributed by atoms with Crippen molar-refractivity contribution in [2.24, 2.45) is 0 Å². The zero-order chi connectivity index (χ0) is 12.7. The molecule has 0 bridgehead atoms. The minimum atomic E-state index is 0.576. The van der Waals surface area contributed by atoms with Gasteiger partial charge in [-0.25, -0.2) is 0 Å². The van der Waals surface area contributed by atoms with Crippen LogP contribution in [0.3, 0.4) is 0 Å². The Hall–Kier alpha value is -1.18. The second kappa shape index (κ2) is 7.21. The molecular formula is C15H24O2. The minimum Gasteiger partial charge on any atom is -0.495 e. The fourth-order valence-electron chi connectivity index (χ4n) is 1.59. The molecule has 2 heteroatoms. The SMILES string of the molecule is C=C(CCCC)OCCOC(C(=C)C)=C1CC1. The molecule has 1 aliphatic carbocycles. The van der Waals surface area contributed by atoms with Crippen LogP contribution in [0.25, 0.3) is 0 Å². The van der Waals surface area contributed by atoms with E-state index in [-0.39, 0.29) is 0 Å². The number of allylic oxidation sites excluding steroid dienone is 3. The summed E-state index contributed by atoms with van der Waals surface area (Å²) in [4.78, 5) is 0. The van der Waals surface area contributed by atoms with Gasteiger partial charge in [0.15, 0.2) is 0 Å². The molecule has 1 fully saturated rings. The summed E-state index contributed by atoms with van der Waals surface area (Å²) in [5.41, 5.74) is 2.41. The van der Waals surface area contributed by atoms with Gasteiger partial charge in [-0.05, 0) is 37.3 Å². The molecule has 0 saturated heterocycles. The molecule has 2 nitrogen and oxygen atoms in total. The zero-order valence-corrected chi connectivity index (χ0v) is 11.2. The van der Waals surface area contributed by atoms with Crippen molar-refractivity contribution in [2.75, 3.05) is 13.2 Å². The van der Waals surface area contributed by atoms with Crippen LogP contribution in [-0.2, 0) is 9.47 Å². The molecule has 0 amide bonds. The van der Waals surface area contributed by atoms with Crippen molar-refractivity contribution < 1.29 is 9.47 Å². The lowest BCUT2D eigenvalue weighted by molar-refractivity contribution is 0.116. The Kier molecular flexibility index (Phi) is 5.88. The molecule has 96 valence electrons. The summed E-state index contributed by atoms with van der Waals surface area (Å²) in [5, 5.41) is 0. The summed E-state index contributed by atoms with van der Waals surface area (Å²) in [7, 11) is 0. The lowest BCUT2D eigenvalue weighted by Crippen LogP contribution is -2.04. The summed E-state index contributed by atoms with van der Waals surface area (Å²) in [6.45, 7) is 13.1. The highest BCUT2D eigenvalue weighted by atomic mass is 16.5. The molecular weight excluding hydrogens is 212 g/mol. The van der Waals surface area contributed by atoms with Crippen molar-refractivity contribution in [3.63, 3.8) is 0 Å². The molecule has 0 radical (unpaired) electrons. The molecule has 1 aliphatic rings. The second-order valence-electron chi connectivity index (χ2n) is 4.55. The van der Waals surface area contributed by atoms with E-state index in [1.165, 1.54) is 12.0 Å². The third-order valence-corrected chi connectivity index (χ3v) is 2.65. The fourth-order valence-corrected chi connectivity index (χ4v) is 1.59. The maximum absolute atomic E-state index is 5.70. The Bertz CT molecular complexity index is 307. The third-order valence-electron chi connectivity index (χ3n) is 2.65. The van der Waals surface area contributed by atoms with Gasteiger partial charge >= 0.3 is 0 Å². The summed E-state index contributed by atoms with van der Waals surface area (Å²) in [5.74, 6) is 1.86. The average Bonchev–Trinajstić information content (AvgIpc) is 3.09. The van der Waals surface area contributed by atoms with Gasteiger partial charge in [0.1, 0.15) is 19.0 Å². The van der Waals surface area contributed by atoms with Gasteiger partial charge in [0, 0.05) is 6.42 Å². The van der Waals surface area contributed by atoms with Crippen molar-refractivity contribution in [1.82, 2.24) is 0 Å². The van der Waals surface area contributed by atoms with Gasteiger partial charge in [0.05, 0.1) is 5.76 Å². The fraction of sp³-hybridized carbons (Fsp3) is 0.600. The van der Waals surface area contributed by atoms with Crippen LogP contribution in [0.2, 0.25) is 0 Å². The van der Waals surface area contributed by atoms with Gasteiger partial charge in [-0.2, -0.15) is 0 Å². The van der Waals surface area contributed by atoms with Crippen molar-refractivity contribution >= 4 is 0 Å². The summed E-state index contributed by atoms with van der Waals surface area (Å²) in [6, 6.07) is 0. The number of unbranched alkanes of at least 4 members (excludes halogenated alkanes) is 1. The van der Waals surface area contributed by atoms with Crippen molar-refractivity contribution in [1.29, 1.82) is 0 Å². The van der Waals surface area contributed by atoms with Gasteiger partial charge in [-0.15, -0.1) is 0 Å². The first-order chi connectivity index (χ1) is 8.15. The van der Waals surface area contributed by atoms with E-state index in [2.05, 4.69) is 20.1 Å². The van der Waals surface area contributed by atoms with Crippen molar-refractivity contribution in [3.8, 4) is 0 Å². The van der Waals surface area contributed by atoms with Crippen molar-refractivity contribution in [3.05, 3.63) is 35.8 Å². The van der Waals surface area contributed by atoms with Crippen LogP contribution >= 0.6 is 0 Å². The molecule has 1 saturated carbocycles. The van der Waals surface area contributed by atoms with Gasteiger partial charge < -0.3 is 9.47 Å². The van der Waals surface area contributed by atoms with E-state index in [4.69, 9.17) is 9.47 Å². The Labute approximate surface area is 105 Å². The van der Waals surface area contributed by atoms with Crippen molar-refractivity contribution in [2.45, 2.75) is 46.0 Å². The number of ether oxygens (including phenoxy) is 2. The van der Waals surface area contributed by atoms with Gasteiger partial charge in [0.25, 0.3) is 0 Å². The van der Waals surface area contributed by atoms with E-state index in [9.17, 15) is 0 Å². The quantitative estimate of drug-likeness (QED) is 0.438. The monoisotopic (exact) mass is 236 g/mol. The molecule has 0 heterocycles. The molecule has 0 atom stereocenters. The van der Waals surface area contributed by atoms with Gasteiger partial charge in [-0.1, -0.05) is 26.5 Å². The maximum Gasteiger partial charge on any atom is 0.122 e. The standard InChI is InChI=1S/C15H24O2/c1-5-6-7-13(4)16-10-11-17-15(12(2)3)14-8-9-14/h2,4-11H2,1,3H3. The number of hydrogen-bond donors (Lipinski definition) is 0. The highest BCUT2D eigenvalue weighted by Gasteiger charge is 2.19. The Morgan fingerprint density at radius 3 is 2.35 bits per heavy atom. The Morgan fingerprint density at radius 2 is 1.82 bits per heavy atom. The predicted molar refractivity (Wildman–Crippen MR) is 71.6 cm³/mol. The molecule has 0 spiro atoms. The zero-order valence-electron chi connectivity index (χ0n) is 11.2. The third kappa shape index (κ3) is 5.62. The summed E-state index contributed by atoms with van der Waals surface area (Å²) >= 11 is 0. The summed E-state index contributed by atoms with van der Waals surface area (Å²) < 4.78 is 11.2. The van der Waals surface area contributed by atoms with E-state index in [1.54, 1.807) is 0 Å². The first-order valence-corrected chi connectivity index (χ1v) is 6.46. The van der Waals surface area contributed by atoms with E-state index in [1.807, 2.05) is 6.92 Å². The average molecular weight is 236 g/mol. The molecule has 0 aromatic carbocycles. The molecule has 0 aromatic heterocycles. The van der Waals surface area contributed by atoms with E-state index >= 15 is 0 Å². The van der Waals surface area contributed by atoms with Crippen LogP contribution in [0.15, 0.2) is 35.8 Å². The Morgan fingerprint density at radius 1 is 1.18 bits per heavy atom. The topological polar surface area (TPSA) is 18.5 Å². The first kappa shape index (κ1) is 13.9. The minimum absolute atomic E-state index is 0.576. The molecule has 17 heavy (non-hydrogen) atoms. The van der Waals surface area contributed by atoms with Crippen LogP contribution in [0, 0.1) is 0 Å². The van der Waals surface area contributed by atoms with Gasteiger partial charge in [0.2, 0.25) is 0 Å². The van der Waals surface area contributed by atoms with Crippen LogP contribution in [0.1, 0.15) is 46.0 Å². The van der Waals surface area contributed by atoms with Crippen LogP contribution in [0.4, 0.5) is 0 Å². The Balaban J connectivity index is 2.13. The van der Waals surface area contributed by atoms with E-state index in [0.717, 1.165) is 42.8 Å². The molecule has 0 unspecified atom stereocenters. The van der Waals surface area contributed by atoms with Crippen LogP contribution < -0.4 is 0 Å². The first-order valence-electron chi connectivity index (χ1n) is 6.46. The molecule has 0 N–H and O–H groups in total. The largest absolute Gasteiger partial charge is 0.495 e. The lowest BCUT2D eigenvalue weighted by Gasteiger charge is -2.12. The normalized spacial score (nSPS) is 13.2. The maximum atomic E-state index is 5.70. The lowest BCUT2D eigenvalue weighted by atomic mass is 10.2. The summed E-state index contributed by atoms with van der Waals surface area (Å²) in [6.07, 6.45) is 5.58. The second-order valence-corrected chi connectivity index (χ2v) is 4.55. The molecule has 0 aromatic rings. The van der Waals surface area contributed by atoms with E-state index in [0.29, 0.717) is 13.2 Å². The van der Waals surface area contributed by atoms with Gasteiger partial charge in [-0.3, -0.25) is 0 Å².